The molecule has 0 aromatic carbocycles. The zero-order valence-corrected chi connectivity index (χ0v) is 8.71. The molecule has 0 radical (unpaired) electrons. The summed E-state index contributed by atoms with van der Waals surface area (Å²) in [5.74, 6) is -1.23. The predicted molar refractivity (Wildman–Crippen MR) is 47.0 cm³/mol. The summed E-state index contributed by atoms with van der Waals surface area (Å²) in [5, 5.41) is 12.1. The first-order valence-corrected chi connectivity index (χ1v) is 5.37. The van der Waals surface area contributed by atoms with Crippen molar-refractivity contribution in [3.63, 3.8) is 0 Å². The van der Waals surface area contributed by atoms with Crippen LogP contribution in [0.15, 0.2) is 17.3 Å². The molecule has 1 aromatic heterocycles. The van der Waals surface area contributed by atoms with Crippen molar-refractivity contribution in [2.24, 2.45) is 5.14 Å². The third-order valence-corrected chi connectivity index (χ3v) is 2.31. The van der Waals surface area contributed by atoms with Gasteiger partial charge in [-0.3, -0.25) is 0 Å². The first kappa shape index (κ1) is 13.2. The molecule has 0 unspecified atom stereocenters. The first-order chi connectivity index (χ1) is 7.65. The van der Waals surface area contributed by atoms with Crippen molar-refractivity contribution in [3.05, 3.63) is 17.8 Å². The maximum Gasteiger partial charge on any atom is 0.573 e. The van der Waals surface area contributed by atoms with E-state index in [2.05, 4.69) is 14.9 Å². The normalized spacial score (nSPS) is 11.9. The van der Waals surface area contributed by atoms with Gasteiger partial charge in [0.05, 0.1) is 5.56 Å². The molecule has 0 saturated carbocycles. The van der Waals surface area contributed by atoms with Gasteiger partial charge in [0.15, 0.2) is 5.75 Å². The maximum absolute atomic E-state index is 12.0. The third-order valence-electron chi connectivity index (χ3n) is 1.48. The van der Waals surface area contributed by atoms with Crippen LogP contribution in [0.4, 0.5) is 13.2 Å². The molecule has 0 bridgehead atoms. The number of nitrogens with zero attached hydrogens (tertiary/aromatic N) is 2. The van der Waals surface area contributed by atoms with Crippen LogP contribution in [0.5, 0.6) is 5.75 Å². The smallest absolute Gasteiger partial charge is 0.401 e. The Morgan fingerprint density at radius 2 is 2.06 bits per heavy atom. The van der Waals surface area contributed by atoms with Crippen LogP contribution in [0.25, 0.3) is 0 Å². The Kier molecular flexibility index (Phi) is 3.25. The minimum absolute atomic E-state index is 0.638. The summed E-state index contributed by atoms with van der Waals surface area (Å²) in [4.78, 5) is 3.15. The first-order valence-electron chi connectivity index (χ1n) is 3.83. The van der Waals surface area contributed by atoms with Crippen molar-refractivity contribution in [2.75, 3.05) is 0 Å². The number of rotatable bonds is 2. The molecule has 0 spiro atoms. The minimum atomic E-state index is -5.16. The molecule has 6 nitrogen and oxygen atoms in total. The number of hydrogen-bond donors (Lipinski definition) is 1. The summed E-state index contributed by atoms with van der Waals surface area (Å²) < 4.78 is 61.5. The zero-order valence-electron chi connectivity index (χ0n) is 7.89. The fourth-order valence-electron chi connectivity index (χ4n) is 0.934. The molecular formula is C7H4F3N3O3S. The molecule has 17 heavy (non-hydrogen) atoms. The Bertz CT molecular complexity index is 576. The minimum Gasteiger partial charge on any atom is -0.401 e. The zero-order chi connectivity index (χ0) is 13.3. The van der Waals surface area contributed by atoms with Gasteiger partial charge in [-0.05, 0) is 6.07 Å². The van der Waals surface area contributed by atoms with Gasteiger partial charge in [-0.25, -0.2) is 18.5 Å². The van der Waals surface area contributed by atoms with E-state index < -0.39 is 32.7 Å². The average molecular weight is 267 g/mol. The van der Waals surface area contributed by atoms with Crippen LogP contribution in [-0.2, 0) is 10.0 Å². The highest BCUT2D eigenvalue weighted by molar-refractivity contribution is 7.89. The maximum atomic E-state index is 12.0. The number of sulfonamides is 1. The van der Waals surface area contributed by atoms with Crippen molar-refractivity contribution < 1.29 is 26.3 Å². The highest BCUT2D eigenvalue weighted by atomic mass is 32.2. The monoisotopic (exact) mass is 267 g/mol. The SMILES string of the molecule is N#Cc1ccnc(S(N)(=O)=O)c1OC(F)(F)F. The van der Waals surface area contributed by atoms with E-state index in [1.165, 1.54) is 6.07 Å². The van der Waals surface area contributed by atoms with E-state index in [0.29, 0.717) is 0 Å². The van der Waals surface area contributed by atoms with Gasteiger partial charge >= 0.3 is 6.36 Å². The second kappa shape index (κ2) is 4.19. The summed E-state index contributed by atoms with van der Waals surface area (Å²) in [6.07, 6.45) is -4.32. The predicted octanol–water partition coefficient (Wildman–Crippen LogP) is 0.499. The number of aromatic nitrogens is 1. The summed E-state index contributed by atoms with van der Waals surface area (Å²) in [5.41, 5.74) is -0.638. The summed E-state index contributed by atoms with van der Waals surface area (Å²) in [7, 11) is -4.53. The van der Waals surface area contributed by atoms with Crippen LogP contribution in [0, 0.1) is 11.3 Å². The molecule has 10 heteroatoms. The van der Waals surface area contributed by atoms with Gasteiger partial charge in [-0.15, -0.1) is 13.2 Å². The van der Waals surface area contributed by atoms with Gasteiger partial charge in [-0.2, -0.15) is 5.26 Å². The van der Waals surface area contributed by atoms with E-state index in [-0.39, 0.29) is 0 Å². The number of halogens is 3. The number of hydrogen-bond acceptors (Lipinski definition) is 5. The van der Waals surface area contributed by atoms with Gasteiger partial charge in [0, 0.05) is 6.20 Å². The second-order valence-electron chi connectivity index (χ2n) is 2.70. The molecule has 0 aliphatic rings. The van der Waals surface area contributed by atoms with Gasteiger partial charge in [-0.1, -0.05) is 0 Å². The standard InChI is InChI=1S/C7H4F3N3O3S/c8-7(9,10)16-5-4(3-11)1-2-13-6(5)17(12,14)15/h1-2H,(H2,12,14,15). The van der Waals surface area contributed by atoms with E-state index in [1.807, 2.05) is 0 Å². The van der Waals surface area contributed by atoms with Crippen molar-refractivity contribution in [2.45, 2.75) is 11.4 Å². The Labute approximate surface area is 93.5 Å². The molecule has 92 valence electrons. The topological polar surface area (TPSA) is 106 Å². The highest BCUT2D eigenvalue weighted by Gasteiger charge is 2.35. The molecule has 0 aliphatic carbocycles. The molecule has 2 N–H and O–H groups in total. The highest BCUT2D eigenvalue weighted by Crippen LogP contribution is 2.30. The number of alkyl halides is 3. The Balaban J connectivity index is 3.49. The number of pyridine rings is 1. The van der Waals surface area contributed by atoms with Crippen molar-refractivity contribution in [3.8, 4) is 11.8 Å². The van der Waals surface area contributed by atoms with E-state index in [1.54, 1.807) is 0 Å². The Morgan fingerprint density at radius 1 is 1.47 bits per heavy atom. The Hall–Kier alpha value is -1.86. The van der Waals surface area contributed by atoms with Crippen LogP contribution < -0.4 is 9.88 Å². The van der Waals surface area contributed by atoms with E-state index in [0.717, 1.165) is 12.3 Å². The van der Waals surface area contributed by atoms with Gasteiger partial charge in [0.2, 0.25) is 5.03 Å². The number of nitrogens with two attached hydrogens (primary N) is 1. The number of primary sulfonamides is 1. The van der Waals surface area contributed by atoms with Crippen molar-refractivity contribution in [1.82, 2.24) is 4.98 Å². The van der Waals surface area contributed by atoms with E-state index in [9.17, 15) is 21.6 Å². The lowest BCUT2D eigenvalue weighted by atomic mass is 10.3. The molecular weight excluding hydrogens is 263 g/mol. The fourth-order valence-corrected chi connectivity index (χ4v) is 1.55. The molecule has 0 atom stereocenters. The van der Waals surface area contributed by atoms with Gasteiger partial charge < -0.3 is 4.74 Å². The average Bonchev–Trinajstić information content (AvgIpc) is 2.13. The molecule has 0 amide bonds. The summed E-state index contributed by atoms with van der Waals surface area (Å²) in [6.45, 7) is 0. The summed E-state index contributed by atoms with van der Waals surface area (Å²) in [6, 6.07) is 2.22. The lowest BCUT2D eigenvalue weighted by Crippen LogP contribution is -2.22. The quantitative estimate of drug-likeness (QED) is 0.839. The molecule has 1 rings (SSSR count). The largest absolute Gasteiger partial charge is 0.573 e. The molecule has 0 aliphatic heterocycles. The lowest BCUT2D eigenvalue weighted by molar-refractivity contribution is -0.275. The number of nitriles is 1. The molecule has 1 heterocycles. The summed E-state index contributed by atoms with van der Waals surface area (Å²) >= 11 is 0. The van der Waals surface area contributed by atoms with Crippen LogP contribution in [0.1, 0.15) is 5.56 Å². The number of ether oxygens (including phenoxy) is 1. The third kappa shape index (κ3) is 3.30. The molecule has 1 aromatic rings. The van der Waals surface area contributed by atoms with Crippen LogP contribution in [0.3, 0.4) is 0 Å². The van der Waals surface area contributed by atoms with E-state index in [4.69, 9.17) is 5.26 Å². The second-order valence-corrected chi connectivity index (χ2v) is 4.17. The van der Waals surface area contributed by atoms with Crippen molar-refractivity contribution >= 4 is 10.0 Å². The fraction of sp³-hybridized carbons (Fsp3) is 0.143. The lowest BCUT2D eigenvalue weighted by Gasteiger charge is -2.12. The Morgan fingerprint density at radius 3 is 2.47 bits per heavy atom. The van der Waals surface area contributed by atoms with Crippen LogP contribution in [-0.4, -0.2) is 19.8 Å². The molecule has 0 fully saturated rings. The van der Waals surface area contributed by atoms with Crippen molar-refractivity contribution in [1.29, 1.82) is 5.26 Å². The van der Waals surface area contributed by atoms with Crippen LogP contribution in [0.2, 0.25) is 0 Å². The van der Waals surface area contributed by atoms with Gasteiger partial charge in [0.25, 0.3) is 10.0 Å². The van der Waals surface area contributed by atoms with Crippen LogP contribution >= 0.6 is 0 Å². The molecule has 0 saturated heterocycles. The van der Waals surface area contributed by atoms with Gasteiger partial charge in [0.1, 0.15) is 6.07 Å². The van der Waals surface area contributed by atoms with E-state index >= 15 is 0 Å².